The van der Waals surface area contributed by atoms with E-state index in [1.807, 2.05) is 0 Å². The monoisotopic (exact) mass is 285 g/mol. The molecule has 0 heterocycles. The topological polar surface area (TPSA) is 21.3 Å². The minimum absolute atomic E-state index is 0.189. The second-order valence-electron chi connectivity index (χ2n) is 6.43. The van der Waals surface area contributed by atoms with Crippen LogP contribution in [0, 0.1) is 11.8 Å². The first-order valence-electron chi connectivity index (χ1n) is 7.93. The third kappa shape index (κ3) is 4.47. The van der Waals surface area contributed by atoms with E-state index in [9.17, 15) is 0 Å². The minimum atomic E-state index is 0.189. The van der Waals surface area contributed by atoms with Crippen molar-refractivity contribution >= 4 is 10.8 Å². The Labute approximate surface area is 128 Å². The second kappa shape index (κ2) is 7.46. The highest BCUT2D eigenvalue weighted by molar-refractivity contribution is 5.88. The van der Waals surface area contributed by atoms with E-state index in [0.717, 1.165) is 18.8 Å². The zero-order chi connectivity index (χ0) is 15.2. The van der Waals surface area contributed by atoms with Crippen LogP contribution in [0.1, 0.15) is 27.7 Å². The lowest BCUT2D eigenvalue weighted by atomic mass is 10.1. The summed E-state index contributed by atoms with van der Waals surface area (Å²) in [7, 11) is 0. The van der Waals surface area contributed by atoms with Crippen molar-refractivity contribution < 1.29 is 4.74 Å². The summed E-state index contributed by atoms with van der Waals surface area (Å²) in [5, 5.41) is 5.93. The van der Waals surface area contributed by atoms with E-state index in [-0.39, 0.29) is 6.10 Å². The predicted octanol–water partition coefficient (Wildman–Crippen LogP) is 4.49. The lowest BCUT2D eigenvalue weighted by molar-refractivity contribution is 0.150. The van der Waals surface area contributed by atoms with Gasteiger partial charge in [-0.2, -0.15) is 0 Å². The summed E-state index contributed by atoms with van der Waals surface area (Å²) >= 11 is 0. The van der Waals surface area contributed by atoms with Crippen LogP contribution in [0.4, 0.5) is 0 Å². The number of hydrogen-bond donors (Lipinski definition) is 1. The molecule has 21 heavy (non-hydrogen) atoms. The Morgan fingerprint density at radius 2 is 1.62 bits per heavy atom. The first-order chi connectivity index (χ1) is 10.1. The third-order valence-electron chi connectivity index (χ3n) is 3.67. The minimum Gasteiger partial charge on any atom is -0.488 e. The molecule has 0 aliphatic rings. The molecular weight excluding hydrogens is 258 g/mol. The van der Waals surface area contributed by atoms with Crippen molar-refractivity contribution in [2.75, 3.05) is 13.1 Å². The Bertz CT molecular complexity index is 557. The first kappa shape index (κ1) is 15.8. The van der Waals surface area contributed by atoms with Crippen LogP contribution in [-0.2, 0) is 0 Å². The Morgan fingerprint density at radius 3 is 2.33 bits per heavy atom. The van der Waals surface area contributed by atoms with Gasteiger partial charge in [-0.15, -0.1) is 0 Å². The van der Waals surface area contributed by atoms with Gasteiger partial charge in [0.25, 0.3) is 0 Å². The van der Waals surface area contributed by atoms with Crippen LogP contribution in [0.3, 0.4) is 0 Å². The number of nitrogens with one attached hydrogen (secondary N) is 1. The van der Waals surface area contributed by atoms with E-state index < -0.39 is 0 Å². The van der Waals surface area contributed by atoms with Crippen LogP contribution in [0.15, 0.2) is 42.5 Å². The molecule has 0 bridgehead atoms. The fourth-order valence-corrected chi connectivity index (χ4v) is 2.39. The van der Waals surface area contributed by atoms with E-state index in [4.69, 9.17) is 4.74 Å². The molecule has 2 aromatic carbocycles. The van der Waals surface area contributed by atoms with Gasteiger partial charge in [-0.3, -0.25) is 0 Å². The van der Waals surface area contributed by atoms with Gasteiger partial charge in [0.15, 0.2) is 0 Å². The summed E-state index contributed by atoms with van der Waals surface area (Å²) < 4.78 is 6.31. The highest BCUT2D eigenvalue weighted by Crippen LogP contribution is 2.27. The van der Waals surface area contributed by atoms with Crippen molar-refractivity contribution in [3.63, 3.8) is 0 Å². The molecule has 2 heteroatoms. The van der Waals surface area contributed by atoms with E-state index in [2.05, 4.69) is 75.5 Å². The van der Waals surface area contributed by atoms with Gasteiger partial charge in [0.2, 0.25) is 0 Å². The molecular formula is C19H27NO. The number of hydrogen-bond acceptors (Lipinski definition) is 2. The molecule has 0 amide bonds. The fourth-order valence-electron chi connectivity index (χ4n) is 2.39. The van der Waals surface area contributed by atoms with Gasteiger partial charge in [0.05, 0.1) is 0 Å². The molecule has 1 atom stereocenters. The summed E-state index contributed by atoms with van der Waals surface area (Å²) in [5.41, 5.74) is 0. The molecule has 2 nitrogen and oxygen atoms in total. The SMILES string of the molecule is CC(C)CNCC(Oc1cccc2ccccc12)C(C)C. The highest BCUT2D eigenvalue weighted by atomic mass is 16.5. The van der Waals surface area contributed by atoms with Gasteiger partial charge >= 0.3 is 0 Å². The summed E-state index contributed by atoms with van der Waals surface area (Å²) in [5.74, 6) is 2.12. The smallest absolute Gasteiger partial charge is 0.127 e. The van der Waals surface area contributed by atoms with E-state index in [0.29, 0.717) is 11.8 Å². The van der Waals surface area contributed by atoms with E-state index >= 15 is 0 Å². The number of ether oxygens (including phenoxy) is 1. The van der Waals surface area contributed by atoms with E-state index in [1.165, 1.54) is 10.8 Å². The second-order valence-corrected chi connectivity index (χ2v) is 6.43. The van der Waals surface area contributed by atoms with Crippen LogP contribution < -0.4 is 10.1 Å². The molecule has 0 aromatic heterocycles. The zero-order valence-electron chi connectivity index (χ0n) is 13.6. The van der Waals surface area contributed by atoms with Gasteiger partial charge in [-0.25, -0.2) is 0 Å². The Kier molecular flexibility index (Phi) is 5.63. The summed E-state index contributed by atoms with van der Waals surface area (Å²) in [6.07, 6.45) is 0.189. The lowest BCUT2D eigenvalue weighted by Gasteiger charge is -2.24. The van der Waals surface area contributed by atoms with Crippen LogP contribution in [0.25, 0.3) is 10.8 Å². The maximum Gasteiger partial charge on any atom is 0.127 e. The quantitative estimate of drug-likeness (QED) is 0.809. The van der Waals surface area contributed by atoms with Crippen molar-refractivity contribution in [1.29, 1.82) is 0 Å². The lowest BCUT2D eigenvalue weighted by Crippen LogP contribution is -2.36. The van der Waals surface area contributed by atoms with Crippen molar-refractivity contribution in [3.8, 4) is 5.75 Å². The zero-order valence-corrected chi connectivity index (χ0v) is 13.6. The van der Waals surface area contributed by atoms with Gasteiger partial charge < -0.3 is 10.1 Å². The number of fused-ring (bicyclic) bond motifs is 1. The highest BCUT2D eigenvalue weighted by Gasteiger charge is 2.16. The maximum absolute atomic E-state index is 6.31. The summed E-state index contributed by atoms with van der Waals surface area (Å²) in [4.78, 5) is 0. The maximum atomic E-state index is 6.31. The average molecular weight is 285 g/mol. The fraction of sp³-hybridized carbons (Fsp3) is 0.474. The third-order valence-corrected chi connectivity index (χ3v) is 3.67. The Hall–Kier alpha value is -1.54. The molecule has 0 aliphatic heterocycles. The molecule has 1 N–H and O–H groups in total. The molecule has 1 unspecified atom stereocenters. The Balaban J connectivity index is 2.11. The predicted molar refractivity (Wildman–Crippen MR) is 90.9 cm³/mol. The molecule has 0 saturated heterocycles. The number of rotatable bonds is 7. The van der Waals surface area contributed by atoms with E-state index in [1.54, 1.807) is 0 Å². The molecule has 114 valence electrons. The van der Waals surface area contributed by atoms with Crippen LogP contribution in [0.5, 0.6) is 5.75 Å². The average Bonchev–Trinajstić information content (AvgIpc) is 2.46. The molecule has 2 aromatic rings. The van der Waals surface area contributed by atoms with Crippen LogP contribution >= 0.6 is 0 Å². The van der Waals surface area contributed by atoms with Crippen molar-refractivity contribution in [2.45, 2.75) is 33.8 Å². The molecule has 0 fully saturated rings. The van der Waals surface area contributed by atoms with Gasteiger partial charge in [-0.1, -0.05) is 64.1 Å². The van der Waals surface area contributed by atoms with Crippen LogP contribution in [-0.4, -0.2) is 19.2 Å². The largest absolute Gasteiger partial charge is 0.488 e. The molecule has 0 spiro atoms. The van der Waals surface area contributed by atoms with Crippen molar-refractivity contribution in [3.05, 3.63) is 42.5 Å². The molecule has 0 saturated carbocycles. The normalized spacial score (nSPS) is 13.0. The van der Waals surface area contributed by atoms with Crippen LogP contribution in [0.2, 0.25) is 0 Å². The van der Waals surface area contributed by atoms with Crippen molar-refractivity contribution in [2.24, 2.45) is 11.8 Å². The molecule has 0 aliphatic carbocycles. The van der Waals surface area contributed by atoms with Gasteiger partial charge in [0.1, 0.15) is 11.9 Å². The van der Waals surface area contributed by atoms with Gasteiger partial charge in [0, 0.05) is 11.9 Å². The summed E-state index contributed by atoms with van der Waals surface area (Å²) in [6, 6.07) is 14.7. The summed E-state index contributed by atoms with van der Waals surface area (Å²) in [6.45, 7) is 10.8. The first-order valence-corrected chi connectivity index (χ1v) is 7.93. The molecule has 0 radical (unpaired) electrons. The standard InChI is InChI=1S/C19H27NO/c1-14(2)12-20-13-19(15(3)4)21-18-11-7-9-16-8-5-6-10-17(16)18/h5-11,14-15,19-20H,12-13H2,1-4H3. The molecule has 2 rings (SSSR count). The van der Waals surface area contributed by atoms with Crippen molar-refractivity contribution in [1.82, 2.24) is 5.32 Å². The Morgan fingerprint density at radius 1 is 0.905 bits per heavy atom. The number of benzene rings is 2. The van der Waals surface area contributed by atoms with Gasteiger partial charge in [-0.05, 0) is 29.8 Å².